The van der Waals surface area contributed by atoms with Crippen LogP contribution in [0.4, 0.5) is 0 Å². The number of hydrogen-bond acceptors (Lipinski definition) is 3. The van der Waals surface area contributed by atoms with Crippen LogP contribution in [0.25, 0.3) is 0 Å². The lowest BCUT2D eigenvalue weighted by molar-refractivity contribution is -0.111. The van der Waals surface area contributed by atoms with E-state index in [1.807, 2.05) is 13.8 Å². The van der Waals surface area contributed by atoms with Crippen LogP contribution in [-0.2, 0) is 4.79 Å². The summed E-state index contributed by atoms with van der Waals surface area (Å²) in [6.07, 6.45) is 0.492. The Bertz CT molecular complexity index is 119. The van der Waals surface area contributed by atoms with Gasteiger partial charge in [0.25, 0.3) is 0 Å². The molecule has 10 heavy (non-hydrogen) atoms. The normalized spacial score (nSPS) is 9.80. The van der Waals surface area contributed by atoms with Crippen LogP contribution in [0.2, 0.25) is 0 Å². The molecule has 0 amide bonds. The predicted molar refractivity (Wildman–Crippen MR) is 41.5 cm³/mol. The second-order valence-corrected chi connectivity index (χ2v) is 1.46. The number of rotatable bonds is 2. The highest BCUT2D eigenvalue weighted by Gasteiger charge is 2.00. The van der Waals surface area contributed by atoms with Gasteiger partial charge in [-0.2, -0.15) is 0 Å². The second-order valence-electron chi connectivity index (χ2n) is 1.46. The summed E-state index contributed by atoms with van der Waals surface area (Å²) >= 11 is 0. The van der Waals surface area contributed by atoms with Crippen LogP contribution in [0.1, 0.15) is 34.1 Å². The second kappa shape index (κ2) is 8.14. The maximum atomic E-state index is 10.3. The van der Waals surface area contributed by atoms with Crippen molar-refractivity contribution in [1.82, 2.24) is 0 Å². The fourth-order valence-electron chi connectivity index (χ4n) is 0.390. The van der Waals surface area contributed by atoms with E-state index in [0.717, 1.165) is 0 Å². The van der Waals surface area contributed by atoms with Crippen molar-refractivity contribution >= 4 is 11.5 Å². The number of carbonyl (C=O) groups excluding carboxylic acids is 1. The molecule has 0 fully saturated rings. The van der Waals surface area contributed by atoms with E-state index in [9.17, 15) is 4.79 Å². The molecule has 0 saturated carbocycles. The number of oxime groups is 1. The van der Waals surface area contributed by atoms with Gasteiger partial charge in [0.1, 0.15) is 5.71 Å². The lowest BCUT2D eigenvalue weighted by Gasteiger charge is -1.89. The first-order valence-electron chi connectivity index (χ1n) is 3.44. The van der Waals surface area contributed by atoms with E-state index < -0.39 is 0 Å². The van der Waals surface area contributed by atoms with Crippen molar-refractivity contribution in [1.29, 1.82) is 0 Å². The molecule has 0 atom stereocenters. The molecule has 3 heteroatoms. The van der Waals surface area contributed by atoms with E-state index in [1.54, 1.807) is 6.92 Å². The molecule has 3 nitrogen and oxygen atoms in total. The van der Waals surface area contributed by atoms with Gasteiger partial charge >= 0.3 is 0 Å². The van der Waals surface area contributed by atoms with E-state index in [1.165, 1.54) is 6.92 Å². The van der Waals surface area contributed by atoms with Crippen LogP contribution < -0.4 is 0 Å². The highest BCUT2D eigenvalue weighted by atomic mass is 16.4. The molecule has 0 bridgehead atoms. The molecule has 0 aliphatic heterocycles. The van der Waals surface area contributed by atoms with Crippen LogP contribution in [-0.4, -0.2) is 16.7 Å². The molecular weight excluding hydrogens is 130 g/mol. The van der Waals surface area contributed by atoms with Gasteiger partial charge in [-0.05, 0) is 6.42 Å². The van der Waals surface area contributed by atoms with Gasteiger partial charge in [-0.1, -0.05) is 25.9 Å². The van der Waals surface area contributed by atoms with Gasteiger partial charge in [0.15, 0.2) is 5.78 Å². The number of carbonyl (C=O) groups is 1. The SMILES string of the molecule is CC.CC/C(=N/O)C(C)=O. The summed E-state index contributed by atoms with van der Waals surface area (Å²) in [5, 5.41) is 10.8. The predicted octanol–water partition coefficient (Wildman–Crippen LogP) is 1.84. The van der Waals surface area contributed by atoms with Crippen LogP contribution in [0.3, 0.4) is 0 Å². The average molecular weight is 145 g/mol. The topological polar surface area (TPSA) is 49.7 Å². The first-order chi connectivity index (χ1) is 4.72. The van der Waals surface area contributed by atoms with Gasteiger partial charge in [-0.15, -0.1) is 0 Å². The monoisotopic (exact) mass is 145 g/mol. The van der Waals surface area contributed by atoms with Crippen LogP contribution >= 0.6 is 0 Å². The standard InChI is InChI=1S/C5H9NO2.C2H6/c1-3-5(6-8)4(2)7;1-2/h8H,3H2,1-2H3;1-2H3/b6-5-;. The molecular formula is C7H15NO2. The summed E-state index contributed by atoms with van der Waals surface area (Å²) < 4.78 is 0. The van der Waals surface area contributed by atoms with Crippen molar-refractivity contribution in [3.63, 3.8) is 0 Å². The average Bonchev–Trinajstić information content (AvgIpc) is 1.94. The molecule has 0 heterocycles. The molecule has 0 aliphatic carbocycles. The van der Waals surface area contributed by atoms with Gasteiger partial charge in [0.05, 0.1) is 0 Å². The third kappa shape index (κ3) is 5.28. The fourth-order valence-corrected chi connectivity index (χ4v) is 0.390. The Morgan fingerprint density at radius 2 is 1.90 bits per heavy atom. The minimum Gasteiger partial charge on any atom is -0.411 e. The molecule has 0 aliphatic rings. The van der Waals surface area contributed by atoms with Crippen molar-refractivity contribution in [2.45, 2.75) is 34.1 Å². The van der Waals surface area contributed by atoms with Crippen LogP contribution in [0, 0.1) is 0 Å². The summed E-state index contributed by atoms with van der Waals surface area (Å²) in [5.74, 6) is -0.171. The zero-order valence-electron chi connectivity index (χ0n) is 7.01. The maximum Gasteiger partial charge on any atom is 0.177 e. The first-order valence-corrected chi connectivity index (χ1v) is 3.44. The van der Waals surface area contributed by atoms with E-state index in [2.05, 4.69) is 5.16 Å². The Morgan fingerprint density at radius 3 is 1.90 bits per heavy atom. The van der Waals surface area contributed by atoms with E-state index >= 15 is 0 Å². The van der Waals surface area contributed by atoms with Crippen molar-refractivity contribution < 1.29 is 10.0 Å². The third-order valence-electron chi connectivity index (χ3n) is 0.862. The third-order valence-corrected chi connectivity index (χ3v) is 0.862. The summed E-state index contributed by atoms with van der Waals surface area (Å²) in [4.78, 5) is 10.3. The van der Waals surface area contributed by atoms with E-state index in [-0.39, 0.29) is 11.5 Å². The summed E-state index contributed by atoms with van der Waals surface area (Å²) in [6, 6.07) is 0. The number of ketones is 1. The quantitative estimate of drug-likeness (QED) is 0.366. The Morgan fingerprint density at radius 1 is 1.50 bits per heavy atom. The maximum absolute atomic E-state index is 10.3. The Kier molecular flexibility index (Phi) is 9.67. The molecule has 1 N–H and O–H groups in total. The van der Waals surface area contributed by atoms with Crippen molar-refractivity contribution in [2.24, 2.45) is 5.16 Å². The van der Waals surface area contributed by atoms with Crippen molar-refractivity contribution in [3.05, 3.63) is 0 Å². The van der Waals surface area contributed by atoms with Crippen molar-refractivity contribution in [3.8, 4) is 0 Å². The molecule has 0 aromatic carbocycles. The molecule has 0 aromatic heterocycles. The highest BCUT2D eigenvalue weighted by Crippen LogP contribution is 1.84. The minimum absolute atomic E-state index is 0.171. The Labute approximate surface area is 61.7 Å². The van der Waals surface area contributed by atoms with Crippen LogP contribution in [0.15, 0.2) is 5.16 Å². The minimum atomic E-state index is -0.171. The molecule has 0 rings (SSSR count). The molecule has 60 valence electrons. The van der Waals surface area contributed by atoms with E-state index in [0.29, 0.717) is 6.42 Å². The van der Waals surface area contributed by atoms with Gasteiger partial charge < -0.3 is 5.21 Å². The molecule has 0 radical (unpaired) electrons. The number of hydrogen-bond donors (Lipinski definition) is 1. The van der Waals surface area contributed by atoms with Gasteiger partial charge in [0.2, 0.25) is 0 Å². The number of nitrogens with zero attached hydrogens (tertiary/aromatic N) is 1. The fraction of sp³-hybridized carbons (Fsp3) is 0.714. The number of Topliss-reactive ketones (excluding diaryl/α,β-unsaturated/α-hetero) is 1. The lowest BCUT2D eigenvalue weighted by Crippen LogP contribution is -2.07. The smallest absolute Gasteiger partial charge is 0.177 e. The van der Waals surface area contributed by atoms with Crippen molar-refractivity contribution in [2.75, 3.05) is 0 Å². The Balaban J connectivity index is 0. The molecule has 0 spiro atoms. The van der Waals surface area contributed by atoms with Gasteiger partial charge in [-0.3, -0.25) is 4.79 Å². The summed E-state index contributed by atoms with van der Waals surface area (Å²) in [6.45, 7) is 7.13. The zero-order chi connectivity index (χ0) is 8.57. The molecule has 0 aromatic rings. The molecule has 0 saturated heterocycles. The largest absolute Gasteiger partial charge is 0.411 e. The van der Waals surface area contributed by atoms with Crippen LogP contribution in [0.5, 0.6) is 0 Å². The molecule has 0 unspecified atom stereocenters. The highest BCUT2D eigenvalue weighted by molar-refractivity contribution is 6.38. The summed E-state index contributed by atoms with van der Waals surface area (Å²) in [5.41, 5.74) is 0.227. The Hall–Kier alpha value is -0.860. The van der Waals surface area contributed by atoms with E-state index in [4.69, 9.17) is 5.21 Å². The summed E-state index contributed by atoms with van der Waals surface area (Å²) in [7, 11) is 0. The van der Waals surface area contributed by atoms with Gasteiger partial charge in [-0.25, -0.2) is 0 Å². The zero-order valence-corrected chi connectivity index (χ0v) is 7.01. The van der Waals surface area contributed by atoms with Gasteiger partial charge in [0, 0.05) is 6.92 Å². The lowest BCUT2D eigenvalue weighted by atomic mass is 10.2. The first kappa shape index (κ1) is 11.9.